The number of carbonyl (C=O) groups is 2. The molecule has 2 aliphatic rings. The van der Waals surface area contributed by atoms with E-state index in [1.54, 1.807) is 0 Å². The van der Waals surface area contributed by atoms with Gasteiger partial charge in [0.25, 0.3) is 8.32 Å². The van der Waals surface area contributed by atoms with Crippen molar-refractivity contribution in [1.82, 2.24) is 4.90 Å². The van der Waals surface area contributed by atoms with Crippen LogP contribution in [-0.2, 0) is 23.4 Å². The lowest BCUT2D eigenvalue weighted by Gasteiger charge is -2.44. The number of nitrogens with zero attached hydrogens (tertiary/aromatic N) is 1. The van der Waals surface area contributed by atoms with Crippen LogP contribution in [0, 0.1) is 5.92 Å². The highest BCUT2D eigenvalue weighted by molar-refractivity contribution is 6.99. The third kappa shape index (κ3) is 5.91. The Morgan fingerprint density at radius 3 is 1.88 bits per heavy atom. The van der Waals surface area contributed by atoms with E-state index in [1.165, 1.54) is 15.3 Å². The van der Waals surface area contributed by atoms with Gasteiger partial charge in [0.05, 0.1) is 13.2 Å². The molecule has 4 rings (SSSR count). The van der Waals surface area contributed by atoms with Crippen LogP contribution in [0.3, 0.4) is 0 Å². The summed E-state index contributed by atoms with van der Waals surface area (Å²) in [6, 6.07) is 20.9. The van der Waals surface area contributed by atoms with E-state index in [1.807, 2.05) is 46.8 Å². The molecule has 0 saturated carbocycles. The molecular formula is C32H45NO6Si. The third-order valence-corrected chi connectivity index (χ3v) is 12.9. The second-order valence-electron chi connectivity index (χ2n) is 13.5. The van der Waals surface area contributed by atoms with Crippen molar-refractivity contribution in [3.63, 3.8) is 0 Å². The molecule has 218 valence electrons. The average molecular weight is 568 g/mol. The minimum Gasteiger partial charge on any atom is -0.444 e. The molecule has 2 aliphatic heterocycles. The summed E-state index contributed by atoms with van der Waals surface area (Å²) in [5.74, 6) is -1.30. The molecule has 0 aromatic heterocycles. The summed E-state index contributed by atoms with van der Waals surface area (Å²) in [4.78, 5) is 28.9. The number of hydrogen-bond donors (Lipinski definition) is 0. The molecule has 0 bridgehead atoms. The SMILES string of the molecule is CC(C)(C)OC(=O)N1C[C@@H](CCO[Si](c2ccccc2)(c2ccccc2)C(C)(C)C)C(=O)C12COC(C)(C)OC2. The van der Waals surface area contributed by atoms with E-state index >= 15 is 0 Å². The molecule has 2 saturated heterocycles. The number of rotatable bonds is 6. The van der Waals surface area contributed by atoms with Crippen LogP contribution < -0.4 is 10.4 Å². The number of Topliss-reactive ketones (excluding diaryl/α,β-unsaturated/α-hetero) is 1. The van der Waals surface area contributed by atoms with E-state index in [2.05, 4.69) is 69.3 Å². The van der Waals surface area contributed by atoms with E-state index in [4.69, 9.17) is 18.6 Å². The number of hydrogen-bond acceptors (Lipinski definition) is 6. The van der Waals surface area contributed by atoms with Gasteiger partial charge in [-0.25, -0.2) is 4.79 Å². The molecular weight excluding hydrogens is 522 g/mol. The van der Waals surface area contributed by atoms with Gasteiger partial charge < -0.3 is 18.6 Å². The fourth-order valence-corrected chi connectivity index (χ4v) is 10.4. The minimum absolute atomic E-state index is 0.0556. The van der Waals surface area contributed by atoms with Crippen LogP contribution in [0.1, 0.15) is 61.8 Å². The summed E-state index contributed by atoms with van der Waals surface area (Å²) in [7, 11) is -2.75. The molecule has 2 fully saturated rings. The summed E-state index contributed by atoms with van der Waals surface area (Å²) in [5.41, 5.74) is -1.90. The van der Waals surface area contributed by atoms with Crippen molar-refractivity contribution in [2.24, 2.45) is 5.92 Å². The van der Waals surface area contributed by atoms with E-state index in [0.29, 0.717) is 13.0 Å². The highest BCUT2D eigenvalue weighted by atomic mass is 28.4. The van der Waals surface area contributed by atoms with Gasteiger partial charge in [0.15, 0.2) is 17.1 Å². The molecule has 0 unspecified atom stereocenters. The van der Waals surface area contributed by atoms with E-state index < -0.39 is 37.3 Å². The van der Waals surface area contributed by atoms with Crippen molar-refractivity contribution in [2.75, 3.05) is 26.4 Å². The average Bonchev–Trinajstić information content (AvgIpc) is 3.14. The number of ether oxygens (including phenoxy) is 3. The van der Waals surface area contributed by atoms with Crippen molar-refractivity contribution >= 4 is 30.6 Å². The van der Waals surface area contributed by atoms with Gasteiger partial charge in [-0.1, -0.05) is 81.4 Å². The van der Waals surface area contributed by atoms with Gasteiger partial charge in [-0.2, -0.15) is 0 Å². The second kappa shape index (κ2) is 11.0. The summed E-state index contributed by atoms with van der Waals surface area (Å²) in [6.45, 7) is 16.6. The Balaban J connectivity index is 1.61. The first-order valence-electron chi connectivity index (χ1n) is 14.2. The highest BCUT2D eigenvalue weighted by Gasteiger charge is 2.59. The Morgan fingerprint density at radius 2 is 1.43 bits per heavy atom. The molecule has 2 aromatic rings. The van der Waals surface area contributed by atoms with Crippen LogP contribution in [0.5, 0.6) is 0 Å². The Labute approximate surface area is 240 Å². The summed E-state index contributed by atoms with van der Waals surface area (Å²) in [5, 5.41) is 2.21. The molecule has 0 N–H and O–H groups in total. The summed E-state index contributed by atoms with van der Waals surface area (Å²) < 4.78 is 24.6. The largest absolute Gasteiger partial charge is 0.444 e. The molecule has 0 radical (unpaired) electrons. The quantitative estimate of drug-likeness (QED) is 0.462. The van der Waals surface area contributed by atoms with Crippen molar-refractivity contribution in [2.45, 2.75) is 83.8 Å². The van der Waals surface area contributed by atoms with Crippen molar-refractivity contribution in [1.29, 1.82) is 0 Å². The molecule has 1 atom stereocenters. The van der Waals surface area contributed by atoms with Gasteiger partial charge >= 0.3 is 6.09 Å². The first-order chi connectivity index (χ1) is 18.6. The van der Waals surface area contributed by atoms with Crippen LogP contribution in [0.15, 0.2) is 60.7 Å². The number of benzene rings is 2. The normalized spacial score (nSPS) is 21.1. The zero-order valence-electron chi connectivity index (χ0n) is 25.3. The van der Waals surface area contributed by atoms with E-state index in [0.717, 1.165) is 0 Å². The minimum atomic E-state index is -2.75. The van der Waals surface area contributed by atoms with Crippen LogP contribution >= 0.6 is 0 Å². The second-order valence-corrected chi connectivity index (χ2v) is 17.8. The van der Waals surface area contributed by atoms with Gasteiger partial charge in [-0.05, 0) is 56.5 Å². The maximum absolute atomic E-state index is 14.0. The Kier molecular flexibility index (Phi) is 8.40. The number of carbonyl (C=O) groups excluding carboxylic acids is 2. The number of likely N-dealkylation sites (tertiary alicyclic amines) is 1. The molecule has 7 nitrogen and oxygen atoms in total. The molecule has 1 spiro atoms. The zero-order chi connectivity index (χ0) is 29.4. The lowest BCUT2D eigenvalue weighted by atomic mass is 9.89. The molecule has 1 amide bonds. The Morgan fingerprint density at radius 1 is 0.925 bits per heavy atom. The van der Waals surface area contributed by atoms with E-state index in [-0.39, 0.29) is 30.6 Å². The predicted octanol–water partition coefficient (Wildman–Crippen LogP) is 4.91. The number of ketones is 1. The smallest absolute Gasteiger partial charge is 0.411 e. The maximum Gasteiger partial charge on any atom is 0.411 e. The molecule has 2 aromatic carbocycles. The Hall–Kier alpha value is -2.52. The Bertz CT molecular complexity index is 1140. The first kappa shape index (κ1) is 30.4. The molecule has 8 heteroatoms. The van der Waals surface area contributed by atoms with Gasteiger partial charge in [0, 0.05) is 19.1 Å². The summed E-state index contributed by atoms with van der Waals surface area (Å²) in [6.07, 6.45) is -0.0449. The monoisotopic (exact) mass is 567 g/mol. The highest BCUT2D eigenvalue weighted by Crippen LogP contribution is 2.40. The van der Waals surface area contributed by atoms with Gasteiger partial charge in [0.1, 0.15) is 5.60 Å². The predicted molar refractivity (Wildman–Crippen MR) is 158 cm³/mol. The number of amides is 1. The molecule has 0 aliphatic carbocycles. The van der Waals surface area contributed by atoms with Crippen molar-refractivity contribution in [3.8, 4) is 0 Å². The van der Waals surface area contributed by atoms with Crippen LogP contribution in [0.4, 0.5) is 4.79 Å². The fourth-order valence-electron chi connectivity index (χ4n) is 5.86. The van der Waals surface area contributed by atoms with Gasteiger partial charge in [0.2, 0.25) is 0 Å². The molecule has 40 heavy (non-hydrogen) atoms. The lowest BCUT2D eigenvalue weighted by Crippen LogP contribution is -2.66. The third-order valence-electron chi connectivity index (χ3n) is 7.88. The fraction of sp³-hybridized carbons (Fsp3) is 0.562. The van der Waals surface area contributed by atoms with E-state index in [9.17, 15) is 9.59 Å². The lowest BCUT2D eigenvalue weighted by molar-refractivity contribution is -0.275. The van der Waals surface area contributed by atoms with Crippen LogP contribution in [0.2, 0.25) is 5.04 Å². The van der Waals surface area contributed by atoms with Gasteiger partial charge in [-0.15, -0.1) is 0 Å². The maximum atomic E-state index is 14.0. The van der Waals surface area contributed by atoms with Crippen LogP contribution in [-0.4, -0.2) is 68.4 Å². The van der Waals surface area contributed by atoms with Crippen LogP contribution in [0.25, 0.3) is 0 Å². The van der Waals surface area contributed by atoms with Crippen molar-refractivity contribution < 1.29 is 28.2 Å². The van der Waals surface area contributed by atoms with Gasteiger partial charge in [-0.3, -0.25) is 9.69 Å². The topological polar surface area (TPSA) is 74.3 Å². The zero-order valence-corrected chi connectivity index (χ0v) is 26.3. The standard InChI is InChI=1S/C32H45NO6Si/c1-29(2,3)39-28(35)33-21-24(27(34)32(33)22-36-31(7,8)37-23-32)19-20-38-40(30(4,5)6,25-15-11-9-12-16-25)26-17-13-10-14-18-26/h9-18,24H,19-23H2,1-8H3/t24-/m1/s1. The van der Waals surface area contributed by atoms with Crippen molar-refractivity contribution in [3.05, 3.63) is 60.7 Å². The first-order valence-corrected chi connectivity index (χ1v) is 16.1. The molecule has 2 heterocycles. The summed E-state index contributed by atoms with van der Waals surface area (Å²) >= 11 is 0.